The van der Waals surface area contributed by atoms with Crippen LogP contribution >= 0.6 is 15.9 Å². The number of hydrogen-bond donors (Lipinski definition) is 1. The topological polar surface area (TPSA) is 37.3 Å². The predicted octanol–water partition coefficient (Wildman–Crippen LogP) is 2.27. The summed E-state index contributed by atoms with van der Waals surface area (Å²) in [6, 6.07) is 0. The monoisotopic (exact) mass is 196 g/mol. The third kappa shape index (κ3) is 11.5. The van der Waals surface area contributed by atoms with Crippen molar-refractivity contribution in [3.8, 4) is 0 Å². The first-order chi connectivity index (χ1) is 3.77. The molecule has 0 bridgehead atoms. The minimum absolute atomic E-state index is 0. The summed E-state index contributed by atoms with van der Waals surface area (Å²) in [6.07, 6.45) is 2.03. The van der Waals surface area contributed by atoms with Crippen LogP contribution in [0.5, 0.6) is 0 Å². The number of carboxylic acid groups (broad SMARTS) is 1. The smallest absolute Gasteiger partial charge is 0.303 e. The molecule has 2 nitrogen and oxygen atoms in total. The largest absolute Gasteiger partial charge is 0.481 e. The van der Waals surface area contributed by atoms with Gasteiger partial charge in [0.05, 0.1) is 0 Å². The van der Waals surface area contributed by atoms with Crippen LogP contribution in [-0.2, 0) is 4.79 Å². The molecule has 0 saturated heterocycles. The van der Waals surface area contributed by atoms with Gasteiger partial charge in [0.2, 0.25) is 0 Å². The molecule has 0 spiro atoms. The highest BCUT2D eigenvalue weighted by Gasteiger charge is 1.93. The lowest BCUT2D eigenvalue weighted by atomic mass is 10.3. The normalized spacial score (nSPS) is 8.11. The van der Waals surface area contributed by atoms with E-state index in [1.54, 1.807) is 0 Å². The van der Waals surface area contributed by atoms with E-state index >= 15 is 0 Å². The van der Waals surface area contributed by atoms with E-state index in [0.717, 1.165) is 18.2 Å². The molecule has 0 rings (SSSR count). The molecule has 0 aliphatic rings. The summed E-state index contributed by atoms with van der Waals surface area (Å²) in [5.74, 6) is -0.703. The second-order valence-corrected chi connectivity index (χ2v) is 2.33. The van der Waals surface area contributed by atoms with Gasteiger partial charge in [0, 0.05) is 11.8 Å². The van der Waals surface area contributed by atoms with Crippen LogP contribution in [0, 0.1) is 0 Å². The van der Waals surface area contributed by atoms with Crippen LogP contribution in [0.3, 0.4) is 0 Å². The summed E-state index contributed by atoms with van der Waals surface area (Å²) in [5, 5.41) is 9.03. The second kappa shape index (κ2) is 7.95. The van der Waals surface area contributed by atoms with Gasteiger partial charge in [0.25, 0.3) is 0 Å². The van der Waals surface area contributed by atoms with E-state index in [0.29, 0.717) is 6.42 Å². The molecular weight excluding hydrogens is 184 g/mol. The van der Waals surface area contributed by atoms with Gasteiger partial charge in [-0.2, -0.15) is 0 Å². The maximum Gasteiger partial charge on any atom is 0.303 e. The molecule has 0 aromatic heterocycles. The molecule has 0 aromatic carbocycles. The summed E-state index contributed by atoms with van der Waals surface area (Å²) < 4.78 is 0. The van der Waals surface area contributed by atoms with Crippen molar-refractivity contribution in [3.63, 3.8) is 0 Å². The summed E-state index contributed by atoms with van der Waals surface area (Å²) in [7, 11) is 0. The maximum absolute atomic E-state index is 9.86. The van der Waals surface area contributed by atoms with E-state index in [4.69, 9.17) is 5.11 Å². The predicted molar refractivity (Wildman–Crippen MR) is 42.0 cm³/mol. The Balaban J connectivity index is 0. The lowest BCUT2D eigenvalue weighted by Gasteiger charge is -1.88. The molecule has 0 aliphatic heterocycles. The van der Waals surface area contributed by atoms with Gasteiger partial charge in [-0.05, 0) is 12.8 Å². The third-order valence-corrected chi connectivity index (χ3v) is 1.34. The maximum atomic E-state index is 9.86. The molecule has 1 N–H and O–H groups in total. The Morgan fingerprint density at radius 1 is 1.44 bits per heavy atom. The Morgan fingerprint density at radius 3 is 2.33 bits per heavy atom. The molecule has 0 saturated carbocycles. The lowest BCUT2D eigenvalue weighted by molar-refractivity contribution is -0.137. The van der Waals surface area contributed by atoms with Crippen LogP contribution in [0.25, 0.3) is 0 Å². The minimum atomic E-state index is -0.703. The van der Waals surface area contributed by atoms with E-state index in [1.807, 2.05) is 0 Å². The van der Waals surface area contributed by atoms with Crippen LogP contribution < -0.4 is 0 Å². The van der Waals surface area contributed by atoms with E-state index in [9.17, 15) is 4.79 Å². The van der Waals surface area contributed by atoms with E-state index < -0.39 is 5.97 Å². The highest BCUT2D eigenvalue weighted by atomic mass is 79.9. The zero-order valence-corrected chi connectivity index (χ0v) is 6.15. The van der Waals surface area contributed by atoms with E-state index in [1.165, 1.54) is 0 Å². The fourth-order valence-electron chi connectivity index (χ4n) is 0.371. The highest BCUT2D eigenvalue weighted by molar-refractivity contribution is 9.09. The van der Waals surface area contributed by atoms with Crippen molar-refractivity contribution >= 4 is 21.9 Å². The van der Waals surface area contributed by atoms with Crippen molar-refractivity contribution in [2.24, 2.45) is 0 Å². The summed E-state index contributed by atoms with van der Waals surface area (Å²) >= 11 is 3.21. The number of alkyl halides is 1. The lowest BCUT2D eigenvalue weighted by Crippen LogP contribution is -1.93. The first-order valence-electron chi connectivity index (χ1n) is 2.55. The summed E-state index contributed by atoms with van der Waals surface area (Å²) in [4.78, 5) is 9.86. The zero-order chi connectivity index (χ0) is 6.41. The number of rotatable bonds is 4. The van der Waals surface area contributed by atoms with Gasteiger partial charge in [-0.1, -0.05) is 23.4 Å². The van der Waals surface area contributed by atoms with Crippen molar-refractivity contribution in [1.29, 1.82) is 0 Å². The Bertz CT molecular complexity index is 73.5. The average molecular weight is 197 g/mol. The van der Waals surface area contributed by atoms with Crippen LogP contribution in [0.1, 0.15) is 26.7 Å². The van der Waals surface area contributed by atoms with Crippen LogP contribution in [0.4, 0.5) is 0 Å². The average Bonchev–Trinajstić information content (AvgIpc) is 1.66. The van der Waals surface area contributed by atoms with Gasteiger partial charge in [-0.3, -0.25) is 4.79 Å². The molecule has 0 amide bonds. The van der Waals surface area contributed by atoms with Gasteiger partial charge >= 0.3 is 5.97 Å². The first-order valence-corrected chi connectivity index (χ1v) is 3.67. The van der Waals surface area contributed by atoms with Crippen LogP contribution in [-0.4, -0.2) is 16.4 Å². The van der Waals surface area contributed by atoms with Crippen LogP contribution in [0.15, 0.2) is 0 Å². The Hall–Kier alpha value is -0.0500. The molecule has 0 aromatic rings. The Kier molecular flexibility index (Phi) is 10.3. The number of unbranched alkanes of at least 4 members (excludes halogenated alkanes) is 1. The molecule has 0 radical (unpaired) electrons. The standard InChI is InChI=1S/C5H9BrO2.CH4/c6-4-2-1-3-5(7)8;/h1-4H2,(H,7,8);1H4. The van der Waals surface area contributed by atoms with Gasteiger partial charge in [0.15, 0.2) is 0 Å². The van der Waals surface area contributed by atoms with E-state index in [-0.39, 0.29) is 7.43 Å². The van der Waals surface area contributed by atoms with Crippen LogP contribution in [0.2, 0.25) is 0 Å². The molecule has 56 valence electrons. The van der Waals surface area contributed by atoms with Gasteiger partial charge < -0.3 is 5.11 Å². The van der Waals surface area contributed by atoms with Crippen molar-refractivity contribution < 1.29 is 9.90 Å². The SMILES string of the molecule is C.O=C(O)CCCCBr. The summed E-state index contributed by atoms with van der Waals surface area (Å²) in [5.41, 5.74) is 0. The molecule has 0 aliphatic carbocycles. The van der Waals surface area contributed by atoms with Gasteiger partial charge in [-0.25, -0.2) is 0 Å². The van der Waals surface area contributed by atoms with Crippen molar-refractivity contribution in [1.82, 2.24) is 0 Å². The molecule has 0 atom stereocenters. The number of halogens is 1. The Labute approximate surface area is 64.4 Å². The zero-order valence-electron chi connectivity index (χ0n) is 4.56. The van der Waals surface area contributed by atoms with Crippen molar-refractivity contribution in [3.05, 3.63) is 0 Å². The second-order valence-electron chi connectivity index (χ2n) is 1.54. The molecule has 0 fully saturated rings. The fourth-order valence-corrected chi connectivity index (χ4v) is 0.767. The Morgan fingerprint density at radius 2 is 2.00 bits per heavy atom. The van der Waals surface area contributed by atoms with Gasteiger partial charge in [0.1, 0.15) is 0 Å². The number of carboxylic acids is 1. The number of hydrogen-bond acceptors (Lipinski definition) is 1. The molecule has 9 heavy (non-hydrogen) atoms. The first kappa shape index (κ1) is 11.7. The minimum Gasteiger partial charge on any atom is -0.481 e. The quantitative estimate of drug-likeness (QED) is 0.554. The molecule has 0 unspecified atom stereocenters. The molecular formula is C6H13BrO2. The van der Waals surface area contributed by atoms with E-state index in [2.05, 4.69) is 15.9 Å². The van der Waals surface area contributed by atoms with Crippen molar-refractivity contribution in [2.75, 3.05) is 5.33 Å². The van der Waals surface area contributed by atoms with Crippen molar-refractivity contribution in [2.45, 2.75) is 26.7 Å². The highest BCUT2D eigenvalue weighted by Crippen LogP contribution is 1.97. The summed E-state index contributed by atoms with van der Waals surface area (Å²) in [6.45, 7) is 0. The van der Waals surface area contributed by atoms with Gasteiger partial charge in [-0.15, -0.1) is 0 Å². The number of aliphatic carboxylic acids is 1. The molecule has 0 heterocycles. The molecule has 3 heteroatoms. The number of carbonyl (C=O) groups is 1. The third-order valence-electron chi connectivity index (χ3n) is 0.774. The fraction of sp³-hybridized carbons (Fsp3) is 0.833.